The molecule has 0 amide bonds. The first-order chi connectivity index (χ1) is 5.40. The quantitative estimate of drug-likeness (QED) is 0.528. The Morgan fingerprint density at radius 1 is 1.08 bits per heavy atom. The van der Waals surface area contributed by atoms with Crippen molar-refractivity contribution in [2.24, 2.45) is 10.8 Å². The Kier molecular flexibility index (Phi) is 2.58. The SMILES string of the molecule is CC1(C)CCCC(C)(C)C1=CCl. The van der Waals surface area contributed by atoms with Gasteiger partial charge in [-0.1, -0.05) is 45.7 Å². The van der Waals surface area contributed by atoms with Crippen molar-refractivity contribution in [3.8, 4) is 0 Å². The van der Waals surface area contributed by atoms with E-state index >= 15 is 0 Å². The molecule has 1 saturated carbocycles. The highest BCUT2D eigenvalue weighted by molar-refractivity contribution is 6.25. The molecule has 0 bridgehead atoms. The molecule has 0 atom stereocenters. The number of rotatable bonds is 0. The van der Waals surface area contributed by atoms with Crippen LogP contribution in [-0.4, -0.2) is 0 Å². The summed E-state index contributed by atoms with van der Waals surface area (Å²) in [5, 5.41) is 0. The van der Waals surface area contributed by atoms with E-state index in [9.17, 15) is 0 Å². The Morgan fingerprint density at radius 2 is 1.50 bits per heavy atom. The Labute approximate surface area is 81.0 Å². The smallest absolute Gasteiger partial charge is 0.00453 e. The van der Waals surface area contributed by atoms with E-state index in [2.05, 4.69) is 27.7 Å². The molecule has 0 radical (unpaired) electrons. The Bertz CT molecular complexity index is 181. The van der Waals surface area contributed by atoms with E-state index in [4.69, 9.17) is 11.6 Å². The van der Waals surface area contributed by atoms with Gasteiger partial charge in [-0.15, -0.1) is 0 Å². The van der Waals surface area contributed by atoms with Gasteiger partial charge in [0.2, 0.25) is 0 Å². The van der Waals surface area contributed by atoms with Crippen LogP contribution in [0.2, 0.25) is 0 Å². The highest BCUT2D eigenvalue weighted by atomic mass is 35.5. The molecule has 0 aromatic heterocycles. The molecule has 0 saturated heterocycles. The highest BCUT2D eigenvalue weighted by Crippen LogP contribution is 2.50. The largest absolute Gasteiger partial charge is 0.0930 e. The number of hydrogen-bond donors (Lipinski definition) is 0. The summed E-state index contributed by atoms with van der Waals surface area (Å²) < 4.78 is 0. The molecule has 0 nitrogen and oxygen atoms in total. The standard InChI is InChI=1S/C11H19Cl/c1-10(2)6-5-7-11(3,4)9(10)8-12/h8H,5-7H2,1-4H3. The van der Waals surface area contributed by atoms with Crippen LogP contribution in [0.4, 0.5) is 0 Å². The van der Waals surface area contributed by atoms with Crippen LogP contribution in [0.1, 0.15) is 47.0 Å². The van der Waals surface area contributed by atoms with Crippen molar-refractivity contribution >= 4 is 11.6 Å². The van der Waals surface area contributed by atoms with Crippen LogP contribution >= 0.6 is 11.6 Å². The van der Waals surface area contributed by atoms with Crippen LogP contribution in [-0.2, 0) is 0 Å². The minimum absolute atomic E-state index is 0.309. The van der Waals surface area contributed by atoms with Crippen LogP contribution in [0, 0.1) is 10.8 Å². The summed E-state index contributed by atoms with van der Waals surface area (Å²) in [5.41, 5.74) is 3.84. The molecule has 0 spiro atoms. The van der Waals surface area contributed by atoms with Gasteiger partial charge in [0.25, 0.3) is 0 Å². The van der Waals surface area contributed by atoms with E-state index in [1.807, 2.05) is 0 Å². The Hall–Kier alpha value is 0.0300. The Balaban J connectivity index is 2.98. The zero-order chi connectivity index (χ0) is 9.41. The summed E-state index contributed by atoms with van der Waals surface area (Å²) in [6, 6.07) is 0. The van der Waals surface area contributed by atoms with Gasteiger partial charge in [0.15, 0.2) is 0 Å². The summed E-state index contributed by atoms with van der Waals surface area (Å²) >= 11 is 5.89. The monoisotopic (exact) mass is 186 g/mol. The molecule has 1 fully saturated rings. The fraction of sp³-hybridized carbons (Fsp3) is 0.818. The molecule has 0 unspecified atom stereocenters. The maximum atomic E-state index is 5.89. The zero-order valence-electron chi connectivity index (χ0n) is 8.58. The first-order valence-electron chi connectivity index (χ1n) is 4.71. The van der Waals surface area contributed by atoms with Gasteiger partial charge < -0.3 is 0 Å². The van der Waals surface area contributed by atoms with E-state index < -0.39 is 0 Å². The number of halogens is 1. The lowest BCUT2D eigenvalue weighted by atomic mass is 9.62. The van der Waals surface area contributed by atoms with Gasteiger partial charge in [-0.2, -0.15) is 0 Å². The van der Waals surface area contributed by atoms with Gasteiger partial charge in [-0.05, 0) is 29.2 Å². The summed E-state index contributed by atoms with van der Waals surface area (Å²) in [7, 11) is 0. The van der Waals surface area contributed by atoms with Crippen LogP contribution in [0.25, 0.3) is 0 Å². The van der Waals surface area contributed by atoms with Crippen molar-refractivity contribution < 1.29 is 0 Å². The average Bonchev–Trinajstić information content (AvgIpc) is 1.83. The van der Waals surface area contributed by atoms with E-state index in [-0.39, 0.29) is 0 Å². The van der Waals surface area contributed by atoms with Crippen LogP contribution in [0.5, 0.6) is 0 Å². The molecule has 1 aliphatic rings. The normalized spacial score (nSPS) is 26.9. The lowest BCUT2D eigenvalue weighted by Crippen LogP contribution is -2.31. The van der Waals surface area contributed by atoms with E-state index in [0.29, 0.717) is 10.8 Å². The second-order valence-corrected chi connectivity index (χ2v) is 5.36. The molecule has 0 aromatic carbocycles. The molecule has 0 N–H and O–H groups in total. The second kappa shape index (κ2) is 3.06. The van der Waals surface area contributed by atoms with Gasteiger partial charge in [0, 0.05) is 5.54 Å². The maximum absolute atomic E-state index is 5.89. The molecule has 0 aliphatic heterocycles. The third-order valence-electron chi connectivity index (χ3n) is 3.17. The third kappa shape index (κ3) is 1.69. The van der Waals surface area contributed by atoms with E-state index in [1.54, 1.807) is 5.54 Å². The topological polar surface area (TPSA) is 0 Å². The maximum Gasteiger partial charge on any atom is 0.00453 e. The van der Waals surface area contributed by atoms with Crippen molar-refractivity contribution in [1.29, 1.82) is 0 Å². The average molecular weight is 187 g/mol. The van der Waals surface area contributed by atoms with Crippen LogP contribution in [0.15, 0.2) is 11.1 Å². The molecule has 1 rings (SSSR count). The van der Waals surface area contributed by atoms with Gasteiger partial charge in [0.1, 0.15) is 0 Å². The molecular formula is C11H19Cl. The zero-order valence-corrected chi connectivity index (χ0v) is 9.33. The van der Waals surface area contributed by atoms with Crippen molar-refractivity contribution in [3.63, 3.8) is 0 Å². The van der Waals surface area contributed by atoms with Crippen LogP contribution < -0.4 is 0 Å². The number of allylic oxidation sites excluding steroid dienone is 1. The Morgan fingerprint density at radius 3 is 1.75 bits per heavy atom. The fourth-order valence-electron chi connectivity index (χ4n) is 2.45. The van der Waals surface area contributed by atoms with Crippen molar-refractivity contribution in [2.75, 3.05) is 0 Å². The predicted molar refractivity (Wildman–Crippen MR) is 55.3 cm³/mol. The lowest BCUT2D eigenvalue weighted by molar-refractivity contribution is 0.216. The van der Waals surface area contributed by atoms with Gasteiger partial charge >= 0.3 is 0 Å². The summed E-state index contributed by atoms with van der Waals surface area (Å²) in [4.78, 5) is 0. The van der Waals surface area contributed by atoms with Gasteiger partial charge in [-0.3, -0.25) is 0 Å². The van der Waals surface area contributed by atoms with Crippen molar-refractivity contribution in [2.45, 2.75) is 47.0 Å². The number of hydrogen-bond acceptors (Lipinski definition) is 0. The second-order valence-electron chi connectivity index (χ2n) is 5.14. The summed E-state index contributed by atoms with van der Waals surface area (Å²) in [5.74, 6) is 0. The van der Waals surface area contributed by atoms with E-state index in [1.165, 1.54) is 24.8 Å². The van der Waals surface area contributed by atoms with Crippen LogP contribution in [0.3, 0.4) is 0 Å². The first kappa shape index (κ1) is 10.1. The minimum Gasteiger partial charge on any atom is -0.0930 e. The van der Waals surface area contributed by atoms with E-state index in [0.717, 1.165) is 0 Å². The molecule has 1 heteroatoms. The summed E-state index contributed by atoms with van der Waals surface area (Å²) in [6.07, 6.45) is 3.87. The van der Waals surface area contributed by atoms with Gasteiger partial charge in [0.05, 0.1) is 0 Å². The molecule has 0 heterocycles. The predicted octanol–water partition coefficient (Wildman–Crippen LogP) is 4.35. The van der Waals surface area contributed by atoms with Crippen molar-refractivity contribution in [3.05, 3.63) is 11.1 Å². The third-order valence-corrected chi connectivity index (χ3v) is 3.39. The molecular weight excluding hydrogens is 168 g/mol. The van der Waals surface area contributed by atoms with Gasteiger partial charge in [-0.25, -0.2) is 0 Å². The summed E-state index contributed by atoms with van der Waals surface area (Å²) in [6.45, 7) is 9.18. The minimum atomic E-state index is 0.309. The molecule has 12 heavy (non-hydrogen) atoms. The first-order valence-corrected chi connectivity index (χ1v) is 5.15. The van der Waals surface area contributed by atoms with Crippen molar-refractivity contribution in [1.82, 2.24) is 0 Å². The molecule has 70 valence electrons. The lowest BCUT2D eigenvalue weighted by Gasteiger charge is -2.43. The molecule has 0 aromatic rings. The molecule has 1 aliphatic carbocycles. The highest BCUT2D eigenvalue weighted by Gasteiger charge is 2.37. The fourth-order valence-corrected chi connectivity index (χ4v) is 3.04.